The molecule has 1 saturated heterocycles. The molecule has 2 heteroatoms. The average molecular weight is 231 g/mol. The highest BCUT2D eigenvalue weighted by molar-refractivity contribution is 5.22. The minimum Gasteiger partial charge on any atom is -0.292 e. The first-order chi connectivity index (χ1) is 8.19. The lowest BCUT2D eigenvalue weighted by Gasteiger charge is -2.23. The molecule has 0 radical (unpaired) electrons. The van der Waals surface area contributed by atoms with Crippen LogP contribution in [0, 0.1) is 0 Å². The summed E-state index contributed by atoms with van der Waals surface area (Å²) in [6.45, 7) is 2.25. The van der Waals surface area contributed by atoms with Crippen LogP contribution in [0.25, 0.3) is 0 Å². The summed E-state index contributed by atoms with van der Waals surface area (Å²) in [5, 5.41) is 2.05. The summed E-state index contributed by atoms with van der Waals surface area (Å²) < 4.78 is 0. The molecule has 3 rings (SSSR count). The van der Waals surface area contributed by atoms with Gasteiger partial charge in [-0.15, -0.1) is 0 Å². The van der Waals surface area contributed by atoms with Crippen molar-refractivity contribution in [1.82, 2.24) is 5.06 Å². The first kappa shape index (κ1) is 11.2. The van der Waals surface area contributed by atoms with Crippen LogP contribution in [0.3, 0.4) is 0 Å². The van der Waals surface area contributed by atoms with Gasteiger partial charge in [-0.05, 0) is 44.1 Å². The molecule has 2 nitrogen and oxygen atoms in total. The van der Waals surface area contributed by atoms with E-state index in [2.05, 4.69) is 44.3 Å². The van der Waals surface area contributed by atoms with Crippen molar-refractivity contribution in [3.05, 3.63) is 35.9 Å². The van der Waals surface area contributed by atoms with E-state index in [0.29, 0.717) is 12.0 Å². The van der Waals surface area contributed by atoms with Gasteiger partial charge in [0.05, 0.1) is 5.60 Å². The van der Waals surface area contributed by atoms with E-state index in [-0.39, 0.29) is 5.60 Å². The van der Waals surface area contributed by atoms with Crippen LogP contribution < -0.4 is 0 Å². The zero-order valence-electron chi connectivity index (χ0n) is 10.7. The van der Waals surface area contributed by atoms with Crippen LogP contribution in [-0.4, -0.2) is 23.8 Å². The van der Waals surface area contributed by atoms with Crippen molar-refractivity contribution >= 4 is 0 Å². The van der Waals surface area contributed by atoms with Gasteiger partial charge in [0.2, 0.25) is 0 Å². The van der Waals surface area contributed by atoms with Gasteiger partial charge < -0.3 is 0 Å². The lowest BCUT2D eigenvalue weighted by molar-refractivity contribution is -0.185. The Morgan fingerprint density at radius 1 is 1.24 bits per heavy atom. The molecule has 2 aliphatic rings. The van der Waals surface area contributed by atoms with Crippen molar-refractivity contribution in [1.29, 1.82) is 0 Å². The molecule has 1 aliphatic carbocycles. The molecule has 92 valence electrons. The van der Waals surface area contributed by atoms with Gasteiger partial charge in [0.25, 0.3) is 0 Å². The normalized spacial score (nSPS) is 38.0. The molecule has 1 saturated carbocycles. The van der Waals surface area contributed by atoms with Crippen molar-refractivity contribution in [2.45, 2.75) is 50.2 Å². The van der Waals surface area contributed by atoms with Gasteiger partial charge >= 0.3 is 0 Å². The Labute approximate surface area is 104 Å². The molecular weight excluding hydrogens is 210 g/mol. The standard InChI is InChI=1S/C15H21NO/c1-12-10-15(17-16(12)2)9-8-14(11-15)13-6-4-3-5-7-13/h3-7,12,14H,8-11H2,1-2H3. The van der Waals surface area contributed by atoms with E-state index in [1.807, 2.05) is 5.06 Å². The highest BCUT2D eigenvalue weighted by Gasteiger charge is 2.47. The summed E-state index contributed by atoms with van der Waals surface area (Å²) in [6, 6.07) is 11.5. The fourth-order valence-corrected chi connectivity index (χ4v) is 3.47. The molecule has 3 atom stereocenters. The summed E-state index contributed by atoms with van der Waals surface area (Å²) >= 11 is 0. The molecule has 1 aromatic rings. The number of rotatable bonds is 1. The third-order valence-corrected chi connectivity index (χ3v) is 4.46. The van der Waals surface area contributed by atoms with Crippen LogP contribution in [0.1, 0.15) is 44.1 Å². The van der Waals surface area contributed by atoms with Crippen LogP contribution in [0.5, 0.6) is 0 Å². The van der Waals surface area contributed by atoms with E-state index in [4.69, 9.17) is 4.84 Å². The number of hydrogen-bond acceptors (Lipinski definition) is 2. The van der Waals surface area contributed by atoms with Crippen molar-refractivity contribution < 1.29 is 4.84 Å². The third-order valence-electron chi connectivity index (χ3n) is 4.46. The van der Waals surface area contributed by atoms with Crippen molar-refractivity contribution in [2.75, 3.05) is 7.05 Å². The fourth-order valence-electron chi connectivity index (χ4n) is 3.47. The van der Waals surface area contributed by atoms with E-state index >= 15 is 0 Å². The summed E-state index contributed by atoms with van der Waals surface area (Å²) in [6.07, 6.45) is 4.85. The Kier molecular flexibility index (Phi) is 2.72. The quantitative estimate of drug-likeness (QED) is 0.735. The molecule has 1 spiro atoms. The number of hydrogen-bond donors (Lipinski definition) is 0. The second kappa shape index (κ2) is 4.11. The Morgan fingerprint density at radius 2 is 2.00 bits per heavy atom. The summed E-state index contributed by atoms with van der Waals surface area (Å²) in [4.78, 5) is 6.11. The maximum Gasteiger partial charge on any atom is 0.0921 e. The highest BCUT2D eigenvalue weighted by atomic mass is 16.7. The minimum absolute atomic E-state index is 0.134. The van der Waals surface area contributed by atoms with Gasteiger partial charge in [-0.2, -0.15) is 5.06 Å². The lowest BCUT2D eigenvalue weighted by atomic mass is 9.91. The minimum atomic E-state index is 0.134. The van der Waals surface area contributed by atoms with Crippen LogP contribution in [0.15, 0.2) is 30.3 Å². The Balaban J connectivity index is 1.74. The second-order valence-electron chi connectivity index (χ2n) is 5.72. The number of nitrogens with zero attached hydrogens (tertiary/aromatic N) is 1. The Morgan fingerprint density at radius 3 is 2.65 bits per heavy atom. The largest absolute Gasteiger partial charge is 0.292 e. The van der Waals surface area contributed by atoms with Crippen molar-refractivity contribution in [3.8, 4) is 0 Å². The number of hydroxylamine groups is 2. The van der Waals surface area contributed by atoms with E-state index in [1.165, 1.54) is 31.2 Å². The molecular formula is C15H21NO. The molecule has 1 heterocycles. The van der Waals surface area contributed by atoms with Crippen LogP contribution in [0.4, 0.5) is 0 Å². The van der Waals surface area contributed by atoms with Crippen LogP contribution >= 0.6 is 0 Å². The third kappa shape index (κ3) is 2.00. The molecule has 1 aliphatic heterocycles. The maximum atomic E-state index is 6.11. The monoisotopic (exact) mass is 231 g/mol. The van der Waals surface area contributed by atoms with E-state index < -0.39 is 0 Å². The maximum absolute atomic E-state index is 6.11. The zero-order chi connectivity index (χ0) is 11.9. The first-order valence-electron chi connectivity index (χ1n) is 6.65. The van der Waals surface area contributed by atoms with Crippen LogP contribution in [-0.2, 0) is 4.84 Å². The molecule has 1 aromatic carbocycles. The van der Waals surface area contributed by atoms with Gasteiger partial charge in [0, 0.05) is 13.1 Å². The van der Waals surface area contributed by atoms with Gasteiger partial charge in [-0.25, -0.2) is 0 Å². The van der Waals surface area contributed by atoms with Crippen molar-refractivity contribution in [2.24, 2.45) is 0 Å². The predicted molar refractivity (Wildman–Crippen MR) is 68.7 cm³/mol. The average Bonchev–Trinajstić information content (AvgIpc) is 2.86. The molecule has 0 N–H and O–H groups in total. The Bertz CT molecular complexity index is 379. The Hall–Kier alpha value is -0.860. The zero-order valence-corrected chi connectivity index (χ0v) is 10.7. The van der Waals surface area contributed by atoms with Crippen molar-refractivity contribution in [3.63, 3.8) is 0 Å². The summed E-state index contributed by atoms with van der Waals surface area (Å²) in [5.41, 5.74) is 1.62. The summed E-state index contributed by atoms with van der Waals surface area (Å²) in [5.74, 6) is 0.690. The SMILES string of the molecule is CC1CC2(CCC(c3ccccc3)C2)ON1C. The highest BCUT2D eigenvalue weighted by Crippen LogP contribution is 2.48. The van der Waals surface area contributed by atoms with E-state index in [0.717, 1.165) is 0 Å². The van der Waals surface area contributed by atoms with Gasteiger partial charge in [-0.3, -0.25) is 4.84 Å². The smallest absolute Gasteiger partial charge is 0.0921 e. The molecule has 0 aromatic heterocycles. The lowest BCUT2D eigenvalue weighted by Crippen LogP contribution is -2.26. The topological polar surface area (TPSA) is 12.5 Å². The van der Waals surface area contributed by atoms with E-state index in [9.17, 15) is 0 Å². The van der Waals surface area contributed by atoms with Crippen LogP contribution in [0.2, 0.25) is 0 Å². The molecule has 0 amide bonds. The molecule has 17 heavy (non-hydrogen) atoms. The molecule has 2 fully saturated rings. The predicted octanol–water partition coefficient (Wildman–Crippen LogP) is 3.35. The number of benzene rings is 1. The molecule has 0 bridgehead atoms. The second-order valence-corrected chi connectivity index (χ2v) is 5.72. The first-order valence-corrected chi connectivity index (χ1v) is 6.65. The fraction of sp³-hybridized carbons (Fsp3) is 0.600. The summed E-state index contributed by atoms with van der Waals surface area (Å²) in [7, 11) is 2.06. The van der Waals surface area contributed by atoms with E-state index in [1.54, 1.807) is 0 Å². The van der Waals surface area contributed by atoms with Gasteiger partial charge in [0.15, 0.2) is 0 Å². The molecule has 3 unspecified atom stereocenters. The van der Waals surface area contributed by atoms with Gasteiger partial charge in [0.1, 0.15) is 0 Å². The van der Waals surface area contributed by atoms with Gasteiger partial charge in [-0.1, -0.05) is 30.3 Å².